The molecule has 1 heteroatoms. The summed E-state index contributed by atoms with van der Waals surface area (Å²) in [5.74, 6) is 1.40. The average molecular weight is 269 g/mol. The first-order valence-electron chi connectivity index (χ1n) is 5.69. The molecule has 1 atom stereocenters. The van der Waals surface area contributed by atoms with Crippen molar-refractivity contribution in [2.24, 2.45) is 5.92 Å². The van der Waals surface area contributed by atoms with Gasteiger partial charge in [-0.05, 0) is 48.8 Å². The summed E-state index contributed by atoms with van der Waals surface area (Å²) in [5, 5.41) is 1.09. The Morgan fingerprint density at radius 2 is 1.80 bits per heavy atom. The summed E-state index contributed by atoms with van der Waals surface area (Å²) in [5.41, 5.74) is 4.29. The van der Waals surface area contributed by atoms with Crippen LogP contribution in [-0.2, 0) is 0 Å². The van der Waals surface area contributed by atoms with Crippen LogP contribution in [0, 0.1) is 19.8 Å². The predicted molar refractivity (Wildman–Crippen MR) is 71.9 cm³/mol. The van der Waals surface area contributed by atoms with Crippen LogP contribution in [0.25, 0.3) is 0 Å². The third-order valence-corrected chi connectivity index (χ3v) is 3.64. The van der Waals surface area contributed by atoms with Crippen LogP contribution in [0.15, 0.2) is 18.2 Å². The molecule has 0 radical (unpaired) electrons. The lowest BCUT2D eigenvalue weighted by molar-refractivity contribution is 0.489. The Hall–Kier alpha value is -0.300. The molecule has 0 N–H and O–H groups in total. The van der Waals surface area contributed by atoms with Gasteiger partial charge in [0.25, 0.3) is 0 Å². The second kappa shape index (κ2) is 5.69. The first-order valence-corrected chi connectivity index (χ1v) is 6.81. The molecular formula is C14H21Br. The van der Waals surface area contributed by atoms with Crippen molar-refractivity contribution in [1.82, 2.24) is 0 Å². The molecule has 1 unspecified atom stereocenters. The smallest absolute Gasteiger partial charge is 0.00372 e. The van der Waals surface area contributed by atoms with Crippen LogP contribution < -0.4 is 0 Å². The summed E-state index contributed by atoms with van der Waals surface area (Å²) >= 11 is 3.55. The molecule has 0 heterocycles. The van der Waals surface area contributed by atoms with Gasteiger partial charge in [-0.15, -0.1) is 0 Å². The monoisotopic (exact) mass is 268 g/mol. The third-order valence-electron chi connectivity index (χ3n) is 3.18. The van der Waals surface area contributed by atoms with Gasteiger partial charge in [0.15, 0.2) is 0 Å². The second-order valence-corrected chi connectivity index (χ2v) is 5.46. The zero-order chi connectivity index (χ0) is 11.4. The van der Waals surface area contributed by atoms with E-state index in [2.05, 4.69) is 61.8 Å². The number of alkyl halides is 1. The molecular weight excluding hydrogens is 248 g/mol. The van der Waals surface area contributed by atoms with Crippen molar-refractivity contribution in [2.75, 3.05) is 5.33 Å². The third kappa shape index (κ3) is 3.34. The molecule has 0 nitrogen and oxygen atoms in total. The molecule has 0 spiro atoms. The van der Waals surface area contributed by atoms with Gasteiger partial charge in [-0.25, -0.2) is 0 Å². The maximum absolute atomic E-state index is 3.55. The van der Waals surface area contributed by atoms with E-state index in [1.165, 1.54) is 23.1 Å². The van der Waals surface area contributed by atoms with E-state index in [4.69, 9.17) is 0 Å². The summed E-state index contributed by atoms with van der Waals surface area (Å²) in [6.07, 6.45) is 1.22. The van der Waals surface area contributed by atoms with Crippen LogP contribution in [0.5, 0.6) is 0 Å². The van der Waals surface area contributed by atoms with Gasteiger partial charge in [-0.3, -0.25) is 0 Å². The predicted octanol–water partition coefficient (Wildman–Crippen LogP) is 4.83. The fourth-order valence-corrected chi connectivity index (χ4v) is 2.49. The minimum absolute atomic E-state index is 0.684. The van der Waals surface area contributed by atoms with Crippen molar-refractivity contribution in [3.8, 4) is 0 Å². The van der Waals surface area contributed by atoms with Gasteiger partial charge < -0.3 is 0 Å². The summed E-state index contributed by atoms with van der Waals surface area (Å²) in [6, 6.07) is 6.88. The Balaban J connectivity index is 2.95. The molecule has 15 heavy (non-hydrogen) atoms. The van der Waals surface area contributed by atoms with Crippen molar-refractivity contribution < 1.29 is 0 Å². The van der Waals surface area contributed by atoms with E-state index in [-0.39, 0.29) is 0 Å². The maximum atomic E-state index is 3.55. The molecule has 0 fully saturated rings. The van der Waals surface area contributed by atoms with Crippen molar-refractivity contribution in [3.05, 3.63) is 34.9 Å². The molecule has 0 aliphatic carbocycles. The Labute approximate surface area is 102 Å². The van der Waals surface area contributed by atoms with Gasteiger partial charge >= 0.3 is 0 Å². The topological polar surface area (TPSA) is 0 Å². The highest BCUT2D eigenvalue weighted by molar-refractivity contribution is 9.09. The SMILES string of the molecule is Cc1ccc(C(CCBr)C(C)C)cc1C. The molecule has 0 saturated heterocycles. The Bertz CT molecular complexity index is 315. The van der Waals surface area contributed by atoms with Crippen LogP contribution in [-0.4, -0.2) is 5.33 Å². The quantitative estimate of drug-likeness (QED) is 0.687. The van der Waals surface area contributed by atoms with Gasteiger partial charge in [0.05, 0.1) is 0 Å². The molecule has 1 rings (SSSR count). The highest BCUT2D eigenvalue weighted by Gasteiger charge is 2.15. The maximum Gasteiger partial charge on any atom is 0.00372 e. The summed E-state index contributed by atoms with van der Waals surface area (Å²) in [7, 11) is 0. The second-order valence-electron chi connectivity index (χ2n) is 4.67. The van der Waals surface area contributed by atoms with Gasteiger partial charge in [0.1, 0.15) is 0 Å². The lowest BCUT2D eigenvalue weighted by Gasteiger charge is -2.21. The Morgan fingerprint density at radius 3 is 2.27 bits per heavy atom. The fraction of sp³-hybridized carbons (Fsp3) is 0.571. The molecule has 84 valence electrons. The molecule has 1 aromatic rings. The van der Waals surface area contributed by atoms with E-state index in [1.807, 2.05) is 0 Å². The highest BCUT2D eigenvalue weighted by Crippen LogP contribution is 2.29. The number of aryl methyl sites for hydroxylation is 2. The summed E-state index contributed by atoms with van der Waals surface area (Å²) in [6.45, 7) is 8.99. The molecule has 0 aliphatic heterocycles. The summed E-state index contributed by atoms with van der Waals surface area (Å²) < 4.78 is 0. The molecule has 0 aliphatic rings. The lowest BCUT2D eigenvalue weighted by Crippen LogP contribution is -2.07. The number of hydrogen-bond acceptors (Lipinski definition) is 0. The Kier molecular flexibility index (Phi) is 4.85. The van der Waals surface area contributed by atoms with Gasteiger partial charge in [0.2, 0.25) is 0 Å². The minimum atomic E-state index is 0.684. The van der Waals surface area contributed by atoms with Gasteiger partial charge in [-0.1, -0.05) is 48.0 Å². The van der Waals surface area contributed by atoms with Crippen molar-refractivity contribution >= 4 is 15.9 Å². The number of rotatable bonds is 4. The molecule has 0 amide bonds. The fourth-order valence-electron chi connectivity index (χ4n) is 2.00. The molecule has 1 aromatic carbocycles. The highest BCUT2D eigenvalue weighted by atomic mass is 79.9. The number of halogens is 1. The first-order chi connectivity index (χ1) is 7.06. The first kappa shape index (κ1) is 12.8. The Morgan fingerprint density at radius 1 is 1.13 bits per heavy atom. The van der Waals surface area contributed by atoms with Crippen LogP contribution in [0.3, 0.4) is 0 Å². The largest absolute Gasteiger partial charge is 0.0928 e. The van der Waals surface area contributed by atoms with Crippen LogP contribution >= 0.6 is 15.9 Å². The summed E-state index contributed by atoms with van der Waals surface area (Å²) in [4.78, 5) is 0. The van der Waals surface area contributed by atoms with E-state index >= 15 is 0 Å². The molecule has 0 saturated carbocycles. The zero-order valence-electron chi connectivity index (χ0n) is 10.2. The van der Waals surface area contributed by atoms with E-state index in [1.54, 1.807) is 0 Å². The van der Waals surface area contributed by atoms with Crippen LogP contribution in [0.4, 0.5) is 0 Å². The molecule has 0 bridgehead atoms. The average Bonchev–Trinajstić information content (AvgIpc) is 2.18. The van der Waals surface area contributed by atoms with Gasteiger partial charge in [-0.2, -0.15) is 0 Å². The molecule has 0 aromatic heterocycles. The van der Waals surface area contributed by atoms with Gasteiger partial charge in [0, 0.05) is 5.33 Å². The normalized spacial score (nSPS) is 13.2. The van der Waals surface area contributed by atoms with Crippen molar-refractivity contribution in [1.29, 1.82) is 0 Å². The van der Waals surface area contributed by atoms with Crippen LogP contribution in [0.1, 0.15) is 42.9 Å². The van der Waals surface area contributed by atoms with Crippen molar-refractivity contribution in [3.63, 3.8) is 0 Å². The van der Waals surface area contributed by atoms with Crippen LogP contribution in [0.2, 0.25) is 0 Å². The van der Waals surface area contributed by atoms with Crippen molar-refractivity contribution in [2.45, 2.75) is 40.0 Å². The number of benzene rings is 1. The lowest BCUT2D eigenvalue weighted by atomic mass is 9.85. The zero-order valence-corrected chi connectivity index (χ0v) is 11.8. The van der Waals surface area contributed by atoms with E-state index in [9.17, 15) is 0 Å². The number of hydrogen-bond donors (Lipinski definition) is 0. The van der Waals surface area contributed by atoms with E-state index in [0.717, 1.165) is 5.33 Å². The van der Waals surface area contributed by atoms with E-state index < -0.39 is 0 Å². The van der Waals surface area contributed by atoms with E-state index in [0.29, 0.717) is 11.8 Å². The standard InChI is InChI=1S/C14H21Br/c1-10(2)14(7-8-15)13-6-5-11(3)12(4)9-13/h5-6,9-10,14H,7-8H2,1-4H3. The minimum Gasteiger partial charge on any atom is -0.0928 e.